The summed E-state index contributed by atoms with van der Waals surface area (Å²) < 4.78 is 2.02. The minimum absolute atomic E-state index is 0.289. The Morgan fingerprint density at radius 1 is 1.31 bits per heavy atom. The zero-order chi connectivity index (χ0) is 9.42. The maximum absolute atomic E-state index is 9.89. The number of benzene rings is 1. The summed E-state index contributed by atoms with van der Waals surface area (Å²) in [6.45, 7) is 0. The third kappa shape index (κ3) is 2.14. The van der Waals surface area contributed by atoms with Crippen LogP contribution in [0, 0.1) is 5.92 Å². The van der Waals surface area contributed by atoms with E-state index >= 15 is 0 Å². The molecule has 1 aliphatic rings. The Morgan fingerprint density at radius 3 is 2.54 bits per heavy atom. The molecule has 1 fully saturated rings. The fourth-order valence-electron chi connectivity index (χ4n) is 1.41. The first-order chi connectivity index (χ1) is 6.18. The normalized spacial score (nSPS) is 18.7. The summed E-state index contributed by atoms with van der Waals surface area (Å²) in [7, 11) is 0. The van der Waals surface area contributed by atoms with Crippen molar-refractivity contribution in [1.82, 2.24) is 0 Å². The lowest BCUT2D eigenvalue weighted by Gasteiger charge is -2.11. The molecule has 13 heavy (non-hydrogen) atoms. The molecule has 0 bridgehead atoms. The summed E-state index contributed by atoms with van der Waals surface area (Å²) in [5, 5.41) is 9.89. The molecule has 3 heteroatoms. The van der Waals surface area contributed by atoms with E-state index < -0.39 is 0 Å². The molecule has 1 aliphatic carbocycles. The van der Waals surface area contributed by atoms with Crippen LogP contribution in [0.4, 0.5) is 0 Å². The second-order valence-electron chi connectivity index (χ2n) is 3.45. The number of rotatable bonds is 2. The maximum atomic E-state index is 9.89. The van der Waals surface area contributed by atoms with Crippen molar-refractivity contribution in [2.75, 3.05) is 0 Å². The fourth-order valence-corrected chi connectivity index (χ4v) is 2.69. The summed E-state index contributed by atoms with van der Waals surface area (Å²) in [6.07, 6.45) is 2.02. The van der Waals surface area contributed by atoms with Crippen molar-refractivity contribution < 1.29 is 5.11 Å². The third-order valence-corrected chi connectivity index (χ3v) is 3.53. The Morgan fingerprint density at radius 2 is 2.00 bits per heavy atom. The van der Waals surface area contributed by atoms with Crippen LogP contribution in [0.2, 0.25) is 0 Å². The van der Waals surface area contributed by atoms with Gasteiger partial charge >= 0.3 is 0 Å². The van der Waals surface area contributed by atoms with Crippen molar-refractivity contribution in [2.24, 2.45) is 5.92 Å². The molecule has 70 valence electrons. The van der Waals surface area contributed by atoms with Gasteiger partial charge in [-0.3, -0.25) is 0 Å². The maximum Gasteiger partial charge on any atom is 0.0829 e. The van der Waals surface area contributed by atoms with Crippen molar-refractivity contribution in [2.45, 2.75) is 18.9 Å². The second kappa shape index (κ2) is 3.71. The molecule has 0 heterocycles. The number of aliphatic hydroxyl groups excluding tert-OH is 1. The molecule has 1 aromatic rings. The number of hydrogen-bond donors (Lipinski definition) is 1. The van der Waals surface area contributed by atoms with E-state index in [1.54, 1.807) is 0 Å². The Labute approximate surface area is 94.4 Å². The lowest BCUT2D eigenvalue weighted by molar-refractivity contribution is 0.153. The highest BCUT2D eigenvalue weighted by molar-refractivity contribution is 9.11. The lowest BCUT2D eigenvalue weighted by atomic mass is 10.1. The monoisotopic (exact) mass is 304 g/mol. The van der Waals surface area contributed by atoms with Crippen LogP contribution in [-0.4, -0.2) is 5.11 Å². The van der Waals surface area contributed by atoms with Gasteiger partial charge in [0, 0.05) is 8.95 Å². The van der Waals surface area contributed by atoms with E-state index in [-0.39, 0.29) is 6.10 Å². The van der Waals surface area contributed by atoms with Gasteiger partial charge in [-0.1, -0.05) is 37.9 Å². The van der Waals surface area contributed by atoms with Crippen molar-refractivity contribution in [3.63, 3.8) is 0 Å². The molecule has 1 N–H and O–H groups in total. The van der Waals surface area contributed by atoms with Crippen LogP contribution >= 0.6 is 31.9 Å². The van der Waals surface area contributed by atoms with Crippen molar-refractivity contribution >= 4 is 31.9 Å². The fraction of sp³-hybridized carbons (Fsp3) is 0.400. The summed E-state index contributed by atoms with van der Waals surface area (Å²) >= 11 is 6.84. The van der Waals surface area contributed by atoms with Gasteiger partial charge in [-0.15, -0.1) is 0 Å². The van der Waals surface area contributed by atoms with Gasteiger partial charge in [0.05, 0.1) is 6.10 Å². The van der Waals surface area contributed by atoms with E-state index in [0.717, 1.165) is 27.4 Å². The summed E-state index contributed by atoms with van der Waals surface area (Å²) in [5.74, 6) is 0.484. The standard InChI is InChI=1S/C10H10Br2O/c11-7-3-4-8(9(12)5-7)10(13)6-1-2-6/h3-6,10,13H,1-2H2. The van der Waals surface area contributed by atoms with Crippen molar-refractivity contribution in [1.29, 1.82) is 0 Å². The van der Waals surface area contributed by atoms with Crippen LogP contribution in [0.3, 0.4) is 0 Å². The quantitative estimate of drug-likeness (QED) is 0.884. The molecule has 0 spiro atoms. The minimum Gasteiger partial charge on any atom is -0.388 e. The summed E-state index contributed by atoms with van der Waals surface area (Å²) in [6, 6.07) is 5.91. The van der Waals surface area contributed by atoms with E-state index in [1.807, 2.05) is 18.2 Å². The molecule has 1 saturated carbocycles. The Hall–Kier alpha value is 0.140. The van der Waals surface area contributed by atoms with Crippen LogP contribution in [-0.2, 0) is 0 Å². The molecule has 1 nitrogen and oxygen atoms in total. The van der Waals surface area contributed by atoms with E-state index in [1.165, 1.54) is 0 Å². The van der Waals surface area contributed by atoms with Crippen LogP contribution in [0.1, 0.15) is 24.5 Å². The van der Waals surface area contributed by atoms with Crippen LogP contribution < -0.4 is 0 Å². The Balaban J connectivity index is 2.28. The lowest BCUT2D eigenvalue weighted by Crippen LogP contribution is -2.00. The molecule has 1 aromatic carbocycles. The van der Waals surface area contributed by atoms with Crippen molar-refractivity contribution in [3.05, 3.63) is 32.7 Å². The van der Waals surface area contributed by atoms with Gasteiger partial charge in [0.1, 0.15) is 0 Å². The summed E-state index contributed by atoms with van der Waals surface area (Å²) in [4.78, 5) is 0. The highest BCUT2D eigenvalue weighted by Crippen LogP contribution is 2.43. The van der Waals surface area contributed by atoms with Gasteiger partial charge in [-0.05, 0) is 36.5 Å². The molecule has 0 amide bonds. The average Bonchev–Trinajstić information content (AvgIpc) is 2.85. The molecule has 0 saturated heterocycles. The highest BCUT2D eigenvalue weighted by atomic mass is 79.9. The Bertz CT molecular complexity index is 321. The highest BCUT2D eigenvalue weighted by Gasteiger charge is 2.31. The molecule has 1 unspecified atom stereocenters. The first-order valence-electron chi connectivity index (χ1n) is 4.31. The molecule has 0 aliphatic heterocycles. The van der Waals surface area contributed by atoms with Gasteiger partial charge in [0.2, 0.25) is 0 Å². The van der Waals surface area contributed by atoms with Gasteiger partial charge in [0.25, 0.3) is 0 Å². The van der Waals surface area contributed by atoms with Gasteiger partial charge in [0.15, 0.2) is 0 Å². The third-order valence-electron chi connectivity index (χ3n) is 2.35. The average molecular weight is 306 g/mol. The van der Waals surface area contributed by atoms with Crippen molar-refractivity contribution in [3.8, 4) is 0 Å². The predicted octanol–water partition coefficient (Wildman–Crippen LogP) is 3.66. The molecule has 2 rings (SSSR count). The molecule has 0 radical (unpaired) electrons. The molecule has 1 atom stereocenters. The van der Waals surface area contributed by atoms with Crippen LogP contribution in [0.25, 0.3) is 0 Å². The predicted molar refractivity (Wildman–Crippen MR) is 59.5 cm³/mol. The number of halogens is 2. The first-order valence-corrected chi connectivity index (χ1v) is 5.90. The Kier molecular flexibility index (Phi) is 2.77. The van der Waals surface area contributed by atoms with E-state index in [9.17, 15) is 5.11 Å². The first kappa shape index (κ1) is 9.69. The topological polar surface area (TPSA) is 20.2 Å². The number of aliphatic hydroxyl groups is 1. The zero-order valence-corrected chi connectivity index (χ0v) is 10.2. The summed E-state index contributed by atoms with van der Waals surface area (Å²) in [5.41, 5.74) is 1.01. The smallest absolute Gasteiger partial charge is 0.0829 e. The van der Waals surface area contributed by atoms with E-state index in [4.69, 9.17) is 0 Å². The second-order valence-corrected chi connectivity index (χ2v) is 5.22. The van der Waals surface area contributed by atoms with E-state index in [2.05, 4.69) is 31.9 Å². The SMILES string of the molecule is OC(c1ccc(Br)cc1Br)C1CC1. The van der Waals surface area contributed by atoms with Gasteiger partial charge < -0.3 is 5.11 Å². The van der Waals surface area contributed by atoms with Gasteiger partial charge in [-0.25, -0.2) is 0 Å². The molecular formula is C10H10Br2O. The molecular weight excluding hydrogens is 296 g/mol. The van der Waals surface area contributed by atoms with E-state index in [0.29, 0.717) is 5.92 Å². The minimum atomic E-state index is -0.289. The number of hydrogen-bond acceptors (Lipinski definition) is 1. The van der Waals surface area contributed by atoms with Gasteiger partial charge in [-0.2, -0.15) is 0 Å². The van der Waals surface area contributed by atoms with Crippen LogP contribution in [0.5, 0.6) is 0 Å². The largest absolute Gasteiger partial charge is 0.388 e. The molecule has 0 aromatic heterocycles. The van der Waals surface area contributed by atoms with Crippen LogP contribution in [0.15, 0.2) is 27.1 Å². The zero-order valence-electron chi connectivity index (χ0n) is 7.00.